The first-order valence-electron chi connectivity index (χ1n) is 5.74. The van der Waals surface area contributed by atoms with Gasteiger partial charge in [0.1, 0.15) is 0 Å². The third-order valence-corrected chi connectivity index (χ3v) is 2.38. The fourth-order valence-electron chi connectivity index (χ4n) is 1.32. The summed E-state index contributed by atoms with van der Waals surface area (Å²) in [5, 5.41) is 2.99. The molecule has 0 unspecified atom stereocenters. The summed E-state index contributed by atoms with van der Waals surface area (Å²) in [6, 6.07) is 4.19. The lowest BCUT2D eigenvalue weighted by atomic mass is 10.1. The summed E-state index contributed by atoms with van der Waals surface area (Å²) in [4.78, 5) is 11.7. The van der Waals surface area contributed by atoms with Crippen molar-refractivity contribution in [1.29, 1.82) is 0 Å². The maximum Gasteiger partial charge on any atom is 0.416 e. The number of benzene rings is 1. The largest absolute Gasteiger partial charge is 0.416 e. The molecule has 0 bridgehead atoms. The minimum Gasteiger partial charge on any atom is -0.359 e. The smallest absolute Gasteiger partial charge is 0.359 e. The minimum absolute atomic E-state index is 0.0699. The number of hydrazine groups is 1. The van der Waals surface area contributed by atoms with Crippen LogP contribution in [-0.2, 0) is 6.18 Å². The molecule has 1 amide bonds. The molecule has 3 N–H and O–H groups in total. The Balaban J connectivity index is 2.67. The highest BCUT2D eigenvalue weighted by molar-refractivity contribution is 7.80. The van der Waals surface area contributed by atoms with Crippen LogP contribution in [0.2, 0.25) is 0 Å². The predicted molar refractivity (Wildman–Crippen MR) is 72.9 cm³/mol. The Morgan fingerprint density at radius 2 is 1.90 bits per heavy atom. The highest BCUT2D eigenvalue weighted by atomic mass is 32.1. The fourth-order valence-corrected chi connectivity index (χ4v) is 1.61. The molecular formula is C12H14F3N3OS. The second-order valence-corrected chi connectivity index (χ2v) is 4.69. The Kier molecular flexibility index (Phi) is 5.32. The van der Waals surface area contributed by atoms with E-state index in [1.165, 1.54) is 12.1 Å². The summed E-state index contributed by atoms with van der Waals surface area (Å²) in [6.45, 7) is 3.70. The highest BCUT2D eigenvalue weighted by Gasteiger charge is 2.30. The van der Waals surface area contributed by atoms with E-state index in [1.807, 2.05) is 13.8 Å². The van der Waals surface area contributed by atoms with E-state index in [1.54, 1.807) is 0 Å². The molecule has 110 valence electrons. The molecule has 0 saturated heterocycles. The first-order valence-corrected chi connectivity index (χ1v) is 6.15. The maximum atomic E-state index is 12.5. The SMILES string of the molecule is CC(C)NC(=S)NNC(=O)c1cccc(C(F)(F)F)c1. The lowest BCUT2D eigenvalue weighted by molar-refractivity contribution is -0.137. The van der Waals surface area contributed by atoms with Gasteiger partial charge < -0.3 is 5.32 Å². The summed E-state index contributed by atoms with van der Waals surface area (Å²) >= 11 is 4.87. The second-order valence-electron chi connectivity index (χ2n) is 4.29. The van der Waals surface area contributed by atoms with Gasteiger partial charge in [-0.2, -0.15) is 13.2 Å². The number of nitrogens with one attached hydrogen (secondary N) is 3. The number of carbonyl (C=O) groups excluding carboxylic acids is 1. The zero-order chi connectivity index (χ0) is 15.3. The van der Waals surface area contributed by atoms with Crippen LogP contribution in [0.4, 0.5) is 13.2 Å². The molecule has 0 fully saturated rings. The minimum atomic E-state index is -4.49. The first-order chi connectivity index (χ1) is 9.20. The van der Waals surface area contributed by atoms with Gasteiger partial charge in [-0.3, -0.25) is 15.6 Å². The summed E-state index contributed by atoms with van der Waals surface area (Å²) in [6.07, 6.45) is -4.49. The van der Waals surface area contributed by atoms with Gasteiger partial charge in [0.05, 0.1) is 5.56 Å². The van der Waals surface area contributed by atoms with Gasteiger partial charge >= 0.3 is 6.18 Å². The predicted octanol–water partition coefficient (Wildman–Crippen LogP) is 2.22. The molecule has 8 heteroatoms. The number of hydrogen-bond donors (Lipinski definition) is 3. The number of carbonyl (C=O) groups is 1. The summed E-state index contributed by atoms with van der Waals surface area (Å²) < 4.78 is 37.5. The molecule has 0 aliphatic heterocycles. The Bertz CT molecular complexity index is 503. The zero-order valence-electron chi connectivity index (χ0n) is 10.8. The molecule has 0 radical (unpaired) electrons. The van der Waals surface area contributed by atoms with Gasteiger partial charge in [0.15, 0.2) is 5.11 Å². The van der Waals surface area contributed by atoms with E-state index >= 15 is 0 Å². The van der Waals surface area contributed by atoms with E-state index in [0.717, 1.165) is 12.1 Å². The van der Waals surface area contributed by atoms with E-state index in [9.17, 15) is 18.0 Å². The van der Waals surface area contributed by atoms with Crippen molar-refractivity contribution < 1.29 is 18.0 Å². The molecule has 0 saturated carbocycles. The molecule has 0 aromatic heterocycles. The van der Waals surface area contributed by atoms with Crippen molar-refractivity contribution in [3.8, 4) is 0 Å². The molecule has 20 heavy (non-hydrogen) atoms. The third-order valence-electron chi connectivity index (χ3n) is 2.16. The van der Waals surface area contributed by atoms with Crippen LogP contribution in [0.25, 0.3) is 0 Å². The lowest BCUT2D eigenvalue weighted by Gasteiger charge is -2.14. The number of alkyl halides is 3. The van der Waals surface area contributed by atoms with Crippen molar-refractivity contribution >= 4 is 23.2 Å². The van der Waals surface area contributed by atoms with Crippen LogP contribution in [0.5, 0.6) is 0 Å². The van der Waals surface area contributed by atoms with Gasteiger partial charge in [-0.15, -0.1) is 0 Å². The monoisotopic (exact) mass is 305 g/mol. The zero-order valence-corrected chi connectivity index (χ0v) is 11.7. The maximum absolute atomic E-state index is 12.5. The summed E-state index contributed by atoms with van der Waals surface area (Å²) in [5.41, 5.74) is 3.64. The average molecular weight is 305 g/mol. The Morgan fingerprint density at radius 1 is 1.25 bits per heavy atom. The van der Waals surface area contributed by atoms with Gasteiger partial charge in [-0.05, 0) is 44.3 Å². The molecule has 0 atom stereocenters. The summed E-state index contributed by atoms with van der Waals surface area (Å²) in [7, 11) is 0. The van der Waals surface area contributed by atoms with E-state index in [-0.39, 0.29) is 16.7 Å². The quantitative estimate of drug-likeness (QED) is 0.579. The van der Waals surface area contributed by atoms with Gasteiger partial charge in [-0.1, -0.05) is 6.07 Å². The standard InChI is InChI=1S/C12H14F3N3OS/c1-7(2)16-11(20)18-17-10(19)8-4-3-5-9(6-8)12(13,14)15/h3-7H,1-2H3,(H,17,19)(H2,16,18,20). The van der Waals surface area contributed by atoms with E-state index in [2.05, 4.69) is 16.2 Å². The molecule has 0 heterocycles. The van der Waals surface area contributed by atoms with Gasteiger partial charge in [0, 0.05) is 11.6 Å². The van der Waals surface area contributed by atoms with Crippen molar-refractivity contribution in [1.82, 2.24) is 16.2 Å². The van der Waals surface area contributed by atoms with Crippen molar-refractivity contribution in [3.63, 3.8) is 0 Å². The second kappa shape index (κ2) is 6.56. The van der Waals surface area contributed by atoms with Crippen LogP contribution in [-0.4, -0.2) is 17.1 Å². The van der Waals surface area contributed by atoms with Crippen LogP contribution in [0.15, 0.2) is 24.3 Å². The Morgan fingerprint density at radius 3 is 2.45 bits per heavy atom. The Hall–Kier alpha value is -1.83. The van der Waals surface area contributed by atoms with Gasteiger partial charge in [0.2, 0.25) is 0 Å². The molecule has 1 aromatic rings. The van der Waals surface area contributed by atoms with E-state index in [4.69, 9.17) is 12.2 Å². The molecule has 1 aromatic carbocycles. The topological polar surface area (TPSA) is 53.2 Å². The average Bonchev–Trinajstić information content (AvgIpc) is 2.34. The summed E-state index contributed by atoms with van der Waals surface area (Å²) in [5.74, 6) is -0.705. The first kappa shape index (κ1) is 16.2. The number of thiocarbonyl (C=S) groups is 1. The highest BCUT2D eigenvalue weighted by Crippen LogP contribution is 2.29. The van der Waals surface area contributed by atoms with Crippen LogP contribution in [0, 0.1) is 0 Å². The van der Waals surface area contributed by atoms with Crippen molar-refractivity contribution in [3.05, 3.63) is 35.4 Å². The molecular weight excluding hydrogens is 291 g/mol. The molecule has 0 aliphatic rings. The Labute approximate surface area is 119 Å². The van der Waals surface area contributed by atoms with Gasteiger partial charge in [-0.25, -0.2) is 0 Å². The number of amides is 1. The van der Waals surface area contributed by atoms with Crippen LogP contribution < -0.4 is 16.2 Å². The van der Waals surface area contributed by atoms with Gasteiger partial charge in [0.25, 0.3) is 5.91 Å². The normalized spacial score (nSPS) is 11.1. The number of rotatable bonds is 2. The number of hydrogen-bond acceptors (Lipinski definition) is 2. The lowest BCUT2D eigenvalue weighted by Crippen LogP contribution is -2.48. The number of halogens is 3. The van der Waals surface area contributed by atoms with Crippen LogP contribution in [0.1, 0.15) is 29.8 Å². The third kappa shape index (κ3) is 5.04. The fraction of sp³-hybridized carbons (Fsp3) is 0.333. The van der Waals surface area contributed by atoms with Crippen molar-refractivity contribution in [2.24, 2.45) is 0 Å². The van der Waals surface area contributed by atoms with Crippen molar-refractivity contribution in [2.75, 3.05) is 0 Å². The molecule has 0 aliphatic carbocycles. The van der Waals surface area contributed by atoms with E-state index < -0.39 is 17.6 Å². The molecule has 0 spiro atoms. The molecule has 1 rings (SSSR count). The van der Waals surface area contributed by atoms with Crippen LogP contribution >= 0.6 is 12.2 Å². The molecule has 4 nitrogen and oxygen atoms in total. The van der Waals surface area contributed by atoms with Crippen molar-refractivity contribution in [2.45, 2.75) is 26.1 Å². The van der Waals surface area contributed by atoms with E-state index in [0.29, 0.717) is 0 Å². The van der Waals surface area contributed by atoms with Crippen LogP contribution in [0.3, 0.4) is 0 Å².